The largest absolute Gasteiger partial charge is 0.324 e. The van der Waals surface area contributed by atoms with Gasteiger partial charge in [-0.15, -0.1) is 0 Å². The third-order valence-corrected chi connectivity index (χ3v) is 4.35. The minimum absolute atomic E-state index is 0.0674. The molecule has 0 saturated heterocycles. The molecule has 1 aliphatic heterocycles. The van der Waals surface area contributed by atoms with E-state index in [2.05, 4.69) is 5.32 Å². The molecule has 1 aliphatic rings. The second kappa shape index (κ2) is 6.73. The van der Waals surface area contributed by atoms with Crippen LogP contribution in [0.25, 0.3) is 0 Å². The van der Waals surface area contributed by atoms with Crippen molar-refractivity contribution in [3.63, 3.8) is 0 Å². The minimum atomic E-state index is -0.454. The topological polar surface area (TPSA) is 41.5 Å². The van der Waals surface area contributed by atoms with E-state index in [-0.39, 0.29) is 5.91 Å². The number of rotatable bonds is 3. The molecule has 0 spiro atoms. The Morgan fingerprint density at radius 3 is 2.20 bits per heavy atom. The average molecular weight is 326 g/mol. The van der Waals surface area contributed by atoms with Crippen LogP contribution in [0, 0.1) is 0 Å². The summed E-state index contributed by atoms with van der Waals surface area (Å²) in [5.41, 5.74) is 4.74. The molecule has 0 aliphatic carbocycles. The van der Waals surface area contributed by atoms with Gasteiger partial charge in [0, 0.05) is 17.5 Å². The van der Waals surface area contributed by atoms with Crippen LogP contribution in [-0.2, 0) is 11.2 Å². The van der Waals surface area contributed by atoms with Gasteiger partial charge < -0.3 is 5.32 Å². The van der Waals surface area contributed by atoms with Crippen LogP contribution in [0.3, 0.4) is 0 Å². The van der Waals surface area contributed by atoms with E-state index < -0.39 is 6.04 Å². The molecule has 0 saturated carbocycles. The van der Waals surface area contributed by atoms with Crippen LogP contribution in [0.2, 0.25) is 0 Å². The van der Waals surface area contributed by atoms with Crippen molar-refractivity contribution in [2.24, 2.45) is 4.99 Å². The number of fused-ring (bicyclic) bond motifs is 1. The molecule has 1 atom stereocenters. The summed E-state index contributed by atoms with van der Waals surface area (Å²) >= 11 is 0. The molecule has 122 valence electrons. The smallest absolute Gasteiger partial charge is 0.249 e. The molecule has 0 fully saturated rings. The van der Waals surface area contributed by atoms with Gasteiger partial charge in [-0.3, -0.25) is 9.79 Å². The van der Waals surface area contributed by atoms with E-state index in [0.717, 1.165) is 28.1 Å². The Morgan fingerprint density at radius 2 is 1.44 bits per heavy atom. The lowest BCUT2D eigenvalue weighted by Crippen LogP contribution is -2.27. The maximum absolute atomic E-state index is 12.7. The number of amides is 1. The standard InChI is InChI=1S/C22H18N2O/c25-22-20(15-16-9-3-1-4-10-16)23-21(17-11-5-2-6-12-17)18-13-7-8-14-19(18)24-22/h1-14,20H,15H2,(H,24,25)/t20-/m1/s1. The van der Waals surface area contributed by atoms with Gasteiger partial charge in [0.25, 0.3) is 0 Å². The van der Waals surface area contributed by atoms with E-state index in [9.17, 15) is 4.79 Å². The first-order chi connectivity index (χ1) is 12.3. The number of carbonyl (C=O) groups is 1. The van der Waals surface area contributed by atoms with Crippen LogP contribution >= 0.6 is 0 Å². The van der Waals surface area contributed by atoms with Gasteiger partial charge in [-0.05, 0) is 11.6 Å². The zero-order chi connectivity index (χ0) is 17.1. The molecule has 1 N–H and O–H groups in total. The molecular formula is C22H18N2O. The third-order valence-electron chi connectivity index (χ3n) is 4.35. The Hall–Kier alpha value is -3.20. The number of anilines is 1. The van der Waals surface area contributed by atoms with Crippen molar-refractivity contribution < 1.29 is 4.79 Å². The molecule has 25 heavy (non-hydrogen) atoms. The summed E-state index contributed by atoms with van der Waals surface area (Å²) in [6, 6.07) is 27.4. The van der Waals surface area contributed by atoms with Gasteiger partial charge in [-0.2, -0.15) is 0 Å². The second-order valence-corrected chi connectivity index (χ2v) is 6.08. The molecule has 0 unspecified atom stereocenters. The van der Waals surface area contributed by atoms with Crippen molar-refractivity contribution in [3.8, 4) is 0 Å². The van der Waals surface area contributed by atoms with Crippen molar-refractivity contribution in [3.05, 3.63) is 102 Å². The van der Waals surface area contributed by atoms with E-state index in [1.165, 1.54) is 0 Å². The SMILES string of the molecule is O=C1Nc2ccccc2C(c2ccccc2)=N[C@@H]1Cc1ccccc1. The van der Waals surface area contributed by atoms with Gasteiger partial charge in [0.2, 0.25) is 5.91 Å². The average Bonchev–Trinajstić information content (AvgIpc) is 2.80. The van der Waals surface area contributed by atoms with Crippen LogP contribution in [0.1, 0.15) is 16.7 Å². The van der Waals surface area contributed by atoms with E-state index in [0.29, 0.717) is 6.42 Å². The summed E-state index contributed by atoms with van der Waals surface area (Å²) in [4.78, 5) is 17.6. The molecule has 3 aromatic rings. The van der Waals surface area contributed by atoms with Crippen molar-refractivity contribution in [2.75, 3.05) is 5.32 Å². The highest BCUT2D eigenvalue weighted by Crippen LogP contribution is 2.25. The zero-order valence-electron chi connectivity index (χ0n) is 13.7. The molecule has 3 aromatic carbocycles. The summed E-state index contributed by atoms with van der Waals surface area (Å²) in [5, 5.41) is 3.04. The van der Waals surface area contributed by atoms with Crippen molar-refractivity contribution in [2.45, 2.75) is 12.5 Å². The fourth-order valence-electron chi connectivity index (χ4n) is 3.10. The Balaban J connectivity index is 1.80. The normalized spacial score (nSPS) is 16.4. The Morgan fingerprint density at radius 1 is 0.800 bits per heavy atom. The van der Waals surface area contributed by atoms with Gasteiger partial charge in [-0.25, -0.2) is 0 Å². The second-order valence-electron chi connectivity index (χ2n) is 6.08. The lowest BCUT2D eigenvalue weighted by molar-refractivity contribution is -0.117. The number of nitrogens with zero attached hydrogens (tertiary/aromatic N) is 1. The lowest BCUT2D eigenvalue weighted by atomic mass is 10.0. The predicted molar refractivity (Wildman–Crippen MR) is 101 cm³/mol. The van der Waals surface area contributed by atoms with Crippen LogP contribution in [0.5, 0.6) is 0 Å². The number of hydrogen-bond donors (Lipinski definition) is 1. The summed E-state index contributed by atoms with van der Waals surface area (Å²) in [7, 11) is 0. The zero-order valence-corrected chi connectivity index (χ0v) is 13.7. The van der Waals surface area contributed by atoms with Crippen LogP contribution in [0.15, 0.2) is 89.9 Å². The fraction of sp³-hybridized carbons (Fsp3) is 0.0909. The van der Waals surface area contributed by atoms with E-state index in [1.54, 1.807) is 0 Å². The number of benzene rings is 3. The highest BCUT2D eigenvalue weighted by atomic mass is 16.2. The quantitative estimate of drug-likeness (QED) is 0.774. The highest BCUT2D eigenvalue weighted by Gasteiger charge is 2.25. The molecular weight excluding hydrogens is 308 g/mol. The van der Waals surface area contributed by atoms with Crippen molar-refractivity contribution in [1.29, 1.82) is 0 Å². The maximum Gasteiger partial charge on any atom is 0.249 e. The summed E-state index contributed by atoms with van der Waals surface area (Å²) < 4.78 is 0. The number of nitrogens with one attached hydrogen (secondary N) is 1. The predicted octanol–water partition coefficient (Wildman–Crippen LogP) is 4.09. The monoisotopic (exact) mass is 326 g/mol. The summed E-state index contributed by atoms with van der Waals surface area (Å²) in [6.07, 6.45) is 0.580. The van der Waals surface area contributed by atoms with Gasteiger partial charge in [0.05, 0.1) is 11.4 Å². The van der Waals surface area contributed by atoms with Gasteiger partial charge in [0.1, 0.15) is 6.04 Å². The fourth-order valence-corrected chi connectivity index (χ4v) is 3.10. The van der Waals surface area contributed by atoms with Gasteiger partial charge in [-0.1, -0.05) is 78.9 Å². The first-order valence-corrected chi connectivity index (χ1v) is 8.39. The first kappa shape index (κ1) is 15.3. The summed E-state index contributed by atoms with van der Waals surface area (Å²) in [6.45, 7) is 0. The van der Waals surface area contributed by atoms with E-state index in [4.69, 9.17) is 4.99 Å². The molecule has 0 bridgehead atoms. The molecule has 1 heterocycles. The number of carbonyl (C=O) groups excluding carboxylic acids is 1. The third kappa shape index (κ3) is 3.22. The van der Waals surface area contributed by atoms with Gasteiger partial charge in [0.15, 0.2) is 0 Å². The van der Waals surface area contributed by atoms with Gasteiger partial charge >= 0.3 is 0 Å². The van der Waals surface area contributed by atoms with Crippen LogP contribution in [0.4, 0.5) is 5.69 Å². The van der Waals surface area contributed by atoms with Crippen molar-refractivity contribution in [1.82, 2.24) is 0 Å². The van der Waals surface area contributed by atoms with Crippen molar-refractivity contribution >= 4 is 17.3 Å². The maximum atomic E-state index is 12.7. The number of aliphatic imine (C=N–C) groups is 1. The molecule has 3 nitrogen and oxygen atoms in total. The van der Waals surface area contributed by atoms with Crippen LogP contribution in [-0.4, -0.2) is 17.7 Å². The first-order valence-electron chi connectivity index (χ1n) is 8.39. The molecule has 3 heteroatoms. The number of hydrogen-bond acceptors (Lipinski definition) is 2. The van der Waals surface area contributed by atoms with E-state index >= 15 is 0 Å². The lowest BCUT2D eigenvalue weighted by Gasteiger charge is -2.11. The Bertz CT molecular complexity index is 917. The molecule has 1 amide bonds. The Labute approximate surface area is 147 Å². The van der Waals surface area contributed by atoms with E-state index in [1.807, 2.05) is 84.9 Å². The molecule has 4 rings (SSSR count). The summed E-state index contributed by atoms with van der Waals surface area (Å²) in [5.74, 6) is -0.0674. The highest BCUT2D eigenvalue weighted by molar-refractivity contribution is 6.19. The Kier molecular flexibility index (Phi) is 4.13. The molecule has 0 aromatic heterocycles. The number of para-hydroxylation sites is 1. The van der Waals surface area contributed by atoms with Crippen LogP contribution < -0.4 is 5.32 Å². The minimum Gasteiger partial charge on any atom is -0.324 e. The molecule has 0 radical (unpaired) electrons. The number of benzodiazepines with no additional fused rings is 1.